The molecular formula is C53H35NO. The first-order chi connectivity index (χ1) is 27.3. The average molecular weight is 702 g/mol. The van der Waals surface area contributed by atoms with Gasteiger partial charge in [-0.1, -0.05) is 176 Å². The first-order valence-electron chi connectivity index (χ1n) is 18.9. The summed E-state index contributed by atoms with van der Waals surface area (Å²) in [6.07, 6.45) is 0. The van der Waals surface area contributed by atoms with Crippen molar-refractivity contribution in [1.82, 2.24) is 0 Å². The van der Waals surface area contributed by atoms with Gasteiger partial charge in [0.05, 0.1) is 5.41 Å². The summed E-state index contributed by atoms with van der Waals surface area (Å²) < 4.78 is 6.61. The highest BCUT2D eigenvalue weighted by Crippen LogP contribution is 2.58. The number of nitrogens with one attached hydrogen (secondary N) is 1. The van der Waals surface area contributed by atoms with E-state index in [1.54, 1.807) is 0 Å². The molecule has 1 aliphatic rings. The summed E-state index contributed by atoms with van der Waals surface area (Å²) in [5.74, 6) is 0. The van der Waals surface area contributed by atoms with Crippen molar-refractivity contribution < 1.29 is 4.42 Å². The van der Waals surface area contributed by atoms with Gasteiger partial charge in [-0.15, -0.1) is 0 Å². The van der Waals surface area contributed by atoms with Crippen molar-refractivity contribution in [2.45, 2.75) is 5.41 Å². The zero-order valence-electron chi connectivity index (χ0n) is 30.0. The van der Waals surface area contributed by atoms with Gasteiger partial charge in [-0.05, 0) is 85.8 Å². The number of anilines is 2. The SMILES string of the molecule is c1ccc(C2(c3ccccc3)c3ccccc3-c3c(-c4ccc(Nc5ccc(-c6cccc7c6oc6c8ccccc8ccc76)cc5)cc4)cccc32)cc1. The second-order valence-corrected chi connectivity index (χ2v) is 14.5. The van der Waals surface area contributed by atoms with Gasteiger partial charge in [0, 0.05) is 33.1 Å². The van der Waals surface area contributed by atoms with Crippen LogP contribution < -0.4 is 5.32 Å². The molecule has 0 bridgehead atoms. The van der Waals surface area contributed by atoms with Crippen LogP contribution in [0, 0.1) is 0 Å². The summed E-state index contributed by atoms with van der Waals surface area (Å²) in [4.78, 5) is 0. The monoisotopic (exact) mass is 701 g/mol. The van der Waals surface area contributed by atoms with E-state index in [-0.39, 0.29) is 0 Å². The lowest BCUT2D eigenvalue weighted by molar-refractivity contribution is 0.674. The van der Waals surface area contributed by atoms with E-state index in [2.05, 4.69) is 212 Å². The van der Waals surface area contributed by atoms with Crippen LogP contribution in [-0.4, -0.2) is 0 Å². The normalized spacial score (nSPS) is 12.9. The van der Waals surface area contributed by atoms with Crippen LogP contribution in [0.1, 0.15) is 22.3 Å². The summed E-state index contributed by atoms with van der Waals surface area (Å²) in [5.41, 5.74) is 15.9. The van der Waals surface area contributed by atoms with E-state index in [1.807, 2.05) is 0 Å². The molecule has 1 aromatic heterocycles. The third kappa shape index (κ3) is 4.82. The molecule has 9 aromatic carbocycles. The van der Waals surface area contributed by atoms with Gasteiger partial charge in [0.2, 0.25) is 0 Å². The molecule has 2 heteroatoms. The van der Waals surface area contributed by atoms with Gasteiger partial charge in [0.1, 0.15) is 11.2 Å². The average Bonchev–Trinajstić information content (AvgIpc) is 3.80. The van der Waals surface area contributed by atoms with Crippen molar-refractivity contribution in [3.63, 3.8) is 0 Å². The minimum Gasteiger partial charge on any atom is -0.455 e. The van der Waals surface area contributed by atoms with Crippen LogP contribution >= 0.6 is 0 Å². The summed E-state index contributed by atoms with van der Waals surface area (Å²) in [7, 11) is 0. The van der Waals surface area contributed by atoms with Gasteiger partial charge < -0.3 is 9.73 Å². The summed E-state index contributed by atoms with van der Waals surface area (Å²) in [6, 6.07) is 74.4. The largest absolute Gasteiger partial charge is 0.455 e. The number of hydrogen-bond donors (Lipinski definition) is 1. The van der Waals surface area contributed by atoms with Crippen molar-refractivity contribution in [1.29, 1.82) is 0 Å². The molecule has 0 unspecified atom stereocenters. The molecule has 0 amide bonds. The maximum atomic E-state index is 6.61. The second kappa shape index (κ2) is 12.5. The Morgan fingerprint density at radius 1 is 0.345 bits per heavy atom. The lowest BCUT2D eigenvalue weighted by atomic mass is 9.67. The molecule has 0 aliphatic heterocycles. The van der Waals surface area contributed by atoms with Gasteiger partial charge in [0.25, 0.3) is 0 Å². The predicted octanol–water partition coefficient (Wildman–Crippen LogP) is 14.2. The maximum absolute atomic E-state index is 6.61. The molecule has 0 radical (unpaired) electrons. The molecule has 1 N–H and O–H groups in total. The minimum absolute atomic E-state index is 0.414. The lowest BCUT2D eigenvalue weighted by Gasteiger charge is -2.34. The van der Waals surface area contributed by atoms with E-state index in [0.717, 1.165) is 49.8 Å². The summed E-state index contributed by atoms with van der Waals surface area (Å²) in [5, 5.41) is 8.25. The zero-order valence-corrected chi connectivity index (χ0v) is 30.0. The van der Waals surface area contributed by atoms with Crippen LogP contribution in [0.5, 0.6) is 0 Å². The van der Waals surface area contributed by atoms with Crippen LogP contribution in [-0.2, 0) is 5.41 Å². The quantitative estimate of drug-likeness (QED) is 0.187. The molecule has 11 rings (SSSR count). The molecule has 1 aliphatic carbocycles. The summed E-state index contributed by atoms with van der Waals surface area (Å²) >= 11 is 0. The fourth-order valence-electron chi connectivity index (χ4n) is 9.12. The summed E-state index contributed by atoms with van der Waals surface area (Å²) in [6.45, 7) is 0. The Morgan fingerprint density at radius 2 is 0.873 bits per heavy atom. The Balaban J connectivity index is 0.930. The zero-order chi connectivity index (χ0) is 36.3. The third-order valence-corrected chi connectivity index (χ3v) is 11.6. The van der Waals surface area contributed by atoms with Crippen molar-refractivity contribution in [3.8, 4) is 33.4 Å². The van der Waals surface area contributed by atoms with Gasteiger partial charge in [-0.25, -0.2) is 0 Å². The van der Waals surface area contributed by atoms with Crippen LogP contribution in [0.15, 0.2) is 211 Å². The maximum Gasteiger partial charge on any atom is 0.143 e. The fraction of sp³-hybridized carbons (Fsp3) is 0.0189. The van der Waals surface area contributed by atoms with E-state index in [4.69, 9.17) is 4.42 Å². The highest BCUT2D eigenvalue weighted by Gasteiger charge is 2.46. The first-order valence-corrected chi connectivity index (χ1v) is 18.9. The molecule has 1 heterocycles. The minimum atomic E-state index is -0.414. The molecule has 258 valence electrons. The van der Waals surface area contributed by atoms with E-state index >= 15 is 0 Å². The predicted molar refractivity (Wildman–Crippen MR) is 229 cm³/mol. The number of para-hydroxylation sites is 1. The van der Waals surface area contributed by atoms with Gasteiger partial charge >= 0.3 is 0 Å². The van der Waals surface area contributed by atoms with Crippen molar-refractivity contribution >= 4 is 44.1 Å². The highest BCUT2D eigenvalue weighted by molar-refractivity contribution is 6.17. The molecule has 0 spiro atoms. The van der Waals surface area contributed by atoms with Crippen molar-refractivity contribution in [2.24, 2.45) is 0 Å². The van der Waals surface area contributed by atoms with Gasteiger partial charge in [-0.3, -0.25) is 0 Å². The Bertz CT molecular complexity index is 2990. The van der Waals surface area contributed by atoms with E-state index in [9.17, 15) is 0 Å². The molecule has 0 saturated carbocycles. The van der Waals surface area contributed by atoms with Crippen LogP contribution in [0.3, 0.4) is 0 Å². The molecule has 0 saturated heterocycles. The molecular weight excluding hydrogens is 667 g/mol. The lowest BCUT2D eigenvalue weighted by Crippen LogP contribution is -2.28. The molecule has 55 heavy (non-hydrogen) atoms. The van der Waals surface area contributed by atoms with Crippen molar-refractivity contribution in [3.05, 3.63) is 229 Å². The fourth-order valence-corrected chi connectivity index (χ4v) is 9.12. The third-order valence-electron chi connectivity index (χ3n) is 11.6. The number of rotatable bonds is 6. The smallest absolute Gasteiger partial charge is 0.143 e. The Kier molecular flexibility index (Phi) is 7.11. The topological polar surface area (TPSA) is 25.2 Å². The van der Waals surface area contributed by atoms with Crippen LogP contribution in [0.2, 0.25) is 0 Å². The van der Waals surface area contributed by atoms with Crippen LogP contribution in [0.4, 0.5) is 11.4 Å². The number of fused-ring (bicyclic) bond motifs is 8. The number of hydrogen-bond acceptors (Lipinski definition) is 2. The molecule has 2 nitrogen and oxygen atoms in total. The Morgan fingerprint density at radius 3 is 1.60 bits per heavy atom. The second-order valence-electron chi connectivity index (χ2n) is 14.5. The Labute approximate surface area is 320 Å². The van der Waals surface area contributed by atoms with Crippen molar-refractivity contribution in [2.75, 3.05) is 5.32 Å². The molecule has 10 aromatic rings. The van der Waals surface area contributed by atoms with E-state index in [1.165, 1.54) is 49.9 Å². The van der Waals surface area contributed by atoms with Gasteiger partial charge in [0.15, 0.2) is 0 Å². The molecule has 0 atom stereocenters. The Hall–Kier alpha value is -7.16. The highest BCUT2D eigenvalue weighted by atomic mass is 16.3. The van der Waals surface area contributed by atoms with Gasteiger partial charge in [-0.2, -0.15) is 0 Å². The number of furan rings is 1. The van der Waals surface area contributed by atoms with Crippen LogP contribution in [0.25, 0.3) is 66.1 Å². The molecule has 0 fully saturated rings. The number of benzene rings is 9. The first kappa shape index (κ1) is 31.4. The standard InChI is InChI=1S/C53H35NO/c1-3-14-38(15-4-1)53(39-16-5-2-6-17-39)48-23-10-9-19-47(48)50-42(20-12-24-49(50)53)36-25-30-40(31-26-36)54-41-32-27-37(28-33-41)44-21-11-22-45-46-34-29-35-13-7-8-18-43(35)52(46)55-51(44)45/h1-34,54H. The van der Waals surface area contributed by atoms with E-state index < -0.39 is 5.41 Å². The van der Waals surface area contributed by atoms with E-state index in [0.29, 0.717) is 0 Å².